The van der Waals surface area contributed by atoms with Crippen molar-refractivity contribution >= 4 is 33.0 Å². The molecule has 0 bridgehead atoms. The van der Waals surface area contributed by atoms with E-state index in [1.807, 2.05) is 30.3 Å². The molecule has 3 nitrogen and oxygen atoms in total. The van der Waals surface area contributed by atoms with Gasteiger partial charge < -0.3 is 0 Å². The molecule has 0 spiro atoms. The van der Waals surface area contributed by atoms with Crippen molar-refractivity contribution in [2.24, 2.45) is 0 Å². The number of hydrogen-bond donors (Lipinski definition) is 0. The first-order chi connectivity index (χ1) is 9.61. The monoisotopic (exact) mass is 327 g/mol. The van der Waals surface area contributed by atoms with Crippen molar-refractivity contribution in [1.29, 1.82) is 0 Å². The van der Waals surface area contributed by atoms with Crippen LogP contribution in [0.5, 0.6) is 0 Å². The van der Waals surface area contributed by atoms with Gasteiger partial charge in [0.15, 0.2) is 0 Å². The lowest BCUT2D eigenvalue weighted by molar-refractivity contribution is 0.433. The number of halogens is 1. The Morgan fingerprint density at radius 1 is 1.10 bits per heavy atom. The van der Waals surface area contributed by atoms with Gasteiger partial charge >= 0.3 is 0 Å². The molecule has 0 unspecified atom stereocenters. The Labute approximate surface area is 127 Å². The highest BCUT2D eigenvalue weighted by Gasteiger charge is 2.31. The predicted molar refractivity (Wildman–Crippen MR) is 81.6 cm³/mol. The zero-order valence-corrected chi connectivity index (χ0v) is 13.1. The van der Waals surface area contributed by atoms with Crippen LogP contribution < -0.4 is 0 Å². The average Bonchev–Trinajstić information content (AvgIpc) is 3.05. The SMILES string of the molecule is O=S(=O)(c1ccc(CCCl)s1)N1Cc2ccccc2C1. The molecular weight excluding hydrogens is 314 g/mol. The summed E-state index contributed by atoms with van der Waals surface area (Å²) in [6.45, 7) is 0.919. The fourth-order valence-corrected chi connectivity index (χ4v) is 5.54. The molecule has 1 aromatic carbocycles. The number of rotatable bonds is 4. The summed E-state index contributed by atoms with van der Waals surface area (Å²) in [6.07, 6.45) is 0.710. The molecule has 0 N–H and O–H groups in total. The highest BCUT2D eigenvalue weighted by Crippen LogP contribution is 2.31. The van der Waals surface area contributed by atoms with Crippen LogP contribution >= 0.6 is 22.9 Å². The summed E-state index contributed by atoms with van der Waals surface area (Å²) in [4.78, 5) is 1.01. The van der Waals surface area contributed by atoms with Gasteiger partial charge in [-0.2, -0.15) is 4.31 Å². The number of sulfonamides is 1. The number of aryl methyl sites for hydroxylation is 1. The van der Waals surface area contributed by atoms with E-state index < -0.39 is 10.0 Å². The molecule has 0 saturated carbocycles. The maximum absolute atomic E-state index is 12.6. The van der Waals surface area contributed by atoms with Crippen LogP contribution in [0.4, 0.5) is 0 Å². The molecule has 0 fully saturated rings. The van der Waals surface area contributed by atoms with Gasteiger partial charge in [-0.3, -0.25) is 0 Å². The summed E-state index contributed by atoms with van der Waals surface area (Å²) in [5.74, 6) is 0.509. The van der Waals surface area contributed by atoms with Crippen molar-refractivity contribution < 1.29 is 8.42 Å². The molecule has 0 saturated heterocycles. The maximum atomic E-state index is 12.6. The predicted octanol–water partition coefficient (Wildman–Crippen LogP) is 3.23. The van der Waals surface area contributed by atoms with E-state index in [0.717, 1.165) is 16.0 Å². The number of alkyl halides is 1. The minimum atomic E-state index is -3.40. The van der Waals surface area contributed by atoms with Crippen molar-refractivity contribution in [2.45, 2.75) is 23.7 Å². The quantitative estimate of drug-likeness (QED) is 0.808. The molecule has 106 valence electrons. The van der Waals surface area contributed by atoms with Crippen LogP contribution in [-0.2, 0) is 29.5 Å². The molecule has 0 atom stereocenters. The van der Waals surface area contributed by atoms with Crippen molar-refractivity contribution in [2.75, 3.05) is 5.88 Å². The van der Waals surface area contributed by atoms with E-state index in [9.17, 15) is 8.42 Å². The van der Waals surface area contributed by atoms with Crippen LogP contribution in [0.3, 0.4) is 0 Å². The third-order valence-electron chi connectivity index (χ3n) is 3.38. The van der Waals surface area contributed by atoms with E-state index in [2.05, 4.69) is 0 Å². The van der Waals surface area contributed by atoms with Crippen LogP contribution in [-0.4, -0.2) is 18.6 Å². The summed E-state index contributed by atoms with van der Waals surface area (Å²) >= 11 is 7.01. The third-order valence-corrected chi connectivity index (χ3v) is 6.98. The molecule has 20 heavy (non-hydrogen) atoms. The summed E-state index contributed by atoms with van der Waals surface area (Å²) in [7, 11) is -3.40. The van der Waals surface area contributed by atoms with Crippen molar-refractivity contribution in [3.63, 3.8) is 0 Å². The molecule has 0 aliphatic carbocycles. The maximum Gasteiger partial charge on any atom is 0.253 e. The zero-order valence-electron chi connectivity index (χ0n) is 10.8. The second-order valence-corrected chi connectivity index (χ2v) is 8.41. The van der Waals surface area contributed by atoms with Gasteiger partial charge in [-0.1, -0.05) is 24.3 Å². The van der Waals surface area contributed by atoms with Crippen molar-refractivity contribution in [3.05, 3.63) is 52.4 Å². The molecular formula is C14H14ClNO2S2. The van der Waals surface area contributed by atoms with Crippen LogP contribution in [0, 0.1) is 0 Å². The fraction of sp³-hybridized carbons (Fsp3) is 0.286. The van der Waals surface area contributed by atoms with Gasteiger partial charge in [-0.15, -0.1) is 22.9 Å². The van der Waals surface area contributed by atoms with E-state index in [1.54, 1.807) is 6.07 Å². The molecule has 1 aromatic heterocycles. The van der Waals surface area contributed by atoms with Crippen LogP contribution in [0.15, 0.2) is 40.6 Å². The van der Waals surface area contributed by atoms with Crippen LogP contribution in [0.25, 0.3) is 0 Å². The van der Waals surface area contributed by atoms with Gasteiger partial charge in [-0.05, 0) is 29.7 Å². The van der Waals surface area contributed by atoms with Gasteiger partial charge in [0.2, 0.25) is 0 Å². The van der Waals surface area contributed by atoms with Crippen LogP contribution in [0.2, 0.25) is 0 Å². The van der Waals surface area contributed by atoms with Gasteiger partial charge in [0.25, 0.3) is 10.0 Å². The van der Waals surface area contributed by atoms with Crippen molar-refractivity contribution in [1.82, 2.24) is 4.31 Å². The number of benzene rings is 1. The smallest absolute Gasteiger partial charge is 0.206 e. The Hall–Kier alpha value is -0.880. The fourth-order valence-electron chi connectivity index (χ4n) is 2.32. The first-order valence-corrected chi connectivity index (χ1v) is 9.12. The largest absolute Gasteiger partial charge is 0.253 e. The standard InChI is InChI=1S/C14H14ClNO2S2/c15-8-7-13-5-6-14(19-13)20(17,18)16-9-11-3-1-2-4-12(11)10-16/h1-6H,7-10H2. The number of nitrogens with zero attached hydrogens (tertiary/aromatic N) is 1. The van der Waals surface area contributed by atoms with E-state index in [0.29, 0.717) is 29.6 Å². The zero-order chi connectivity index (χ0) is 14.2. The topological polar surface area (TPSA) is 37.4 Å². The third kappa shape index (κ3) is 2.51. The first kappa shape index (κ1) is 14.1. The lowest BCUT2D eigenvalue weighted by Crippen LogP contribution is -2.24. The Morgan fingerprint density at radius 2 is 1.75 bits per heavy atom. The minimum absolute atomic E-state index is 0.408. The van der Waals surface area contributed by atoms with Gasteiger partial charge in [0.1, 0.15) is 4.21 Å². The highest BCUT2D eigenvalue weighted by atomic mass is 35.5. The van der Waals surface area contributed by atoms with E-state index in [-0.39, 0.29) is 0 Å². The lowest BCUT2D eigenvalue weighted by atomic mass is 10.1. The molecule has 6 heteroatoms. The minimum Gasteiger partial charge on any atom is -0.206 e. The Morgan fingerprint density at radius 3 is 2.35 bits per heavy atom. The molecule has 2 heterocycles. The Bertz CT molecular complexity index is 699. The van der Waals surface area contributed by atoms with Gasteiger partial charge in [-0.25, -0.2) is 8.42 Å². The second kappa shape index (κ2) is 5.48. The molecule has 0 amide bonds. The Balaban J connectivity index is 1.86. The number of fused-ring (bicyclic) bond motifs is 1. The normalized spacial score (nSPS) is 15.4. The highest BCUT2D eigenvalue weighted by molar-refractivity contribution is 7.91. The van der Waals surface area contributed by atoms with E-state index in [4.69, 9.17) is 11.6 Å². The number of hydrogen-bond acceptors (Lipinski definition) is 3. The second-order valence-electron chi connectivity index (χ2n) is 4.70. The molecule has 1 aliphatic rings. The summed E-state index contributed by atoms with van der Waals surface area (Å²) in [5, 5.41) is 0. The Kier molecular flexibility index (Phi) is 3.86. The van der Waals surface area contributed by atoms with E-state index >= 15 is 0 Å². The van der Waals surface area contributed by atoms with Gasteiger partial charge in [0.05, 0.1) is 0 Å². The van der Waals surface area contributed by atoms with Crippen molar-refractivity contribution in [3.8, 4) is 0 Å². The lowest BCUT2D eigenvalue weighted by Gasteiger charge is -2.13. The van der Waals surface area contributed by atoms with E-state index in [1.165, 1.54) is 15.6 Å². The van der Waals surface area contributed by atoms with Gasteiger partial charge in [0, 0.05) is 23.8 Å². The first-order valence-electron chi connectivity index (χ1n) is 6.33. The molecule has 1 aliphatic heterocycles. The van der Waals surface area contributed by atoms with Crippen LogP contribution in [0.1, 0.15) is 16.0 Å². The molecule has 2 aromatic rings. The average molecular weight is 328 g/mol. The summed E-state index contributed by atoms with van der Waals surface area (Å²) < 4.78 is 27.2. The number of thiophene rings is 1. The molecule has 3 rings (SSSR count). The summed E-state index contributed by atoms with van der Waals surface area (Å²) in [6, 6.07) is 11.4. The molecule has 0 radical (unpaired) electrons. The summed E-state index contributed by atoms with van der Waals surface area (Å²) in [5.41, 5.74) is 2.18.